The summed E-state index contributed by atoms with van der Waals surface area (Å²) in [6, 6.07) is 4.29. The van der Waals surface area contributed by atoms with E-state index in [4.69, 9.17) is 11.6 Å². The average Bonchev–Trinajstić information content (AvgIpc) is 2.71. The lowest BCUT2D eigenvalue weighted by atomic mass is 9.93. The topological polar surface area (TPSA) is 0 Å². The van der Waals surface area contributed by atoms with Gasteiger partial charge in [-0.05, 0) is 30.2 Å². The molecule has 0 amide bonds. The van der Waals surface area contributed by atoms with E-state index in [9.17, 15) is 0 Å². The van der Waals surface area contributed by atoms with Gasteiger partial charge in [-0.1, -0.05) is 39.2 Å². The molecular formula is C13H21ClS. The quantitative estimate of drug-likeness (QED) is 0.585. The molecule has 0 aliphatic carbocycles. The monoisotopic (exact) mass is 244 g/mol. The molecule has 0 aromatic carbocycles. The molecule has 1 heterocycles. The third-order valence-electron chi connectivity index (χ3n) is 2.94. The molecule has 0 bridgehead atoms. The predicted octanol–water partition coefficient (Wildman–Crippen LogP) is 5.11. The van der Waals surface area contributed by atoms with Crippen LogP contribution in [0, 0.1) is 5.92 Å². The van der Waals surface area contributed by atoms with E-state index in [0.717, 1.165) is 6.42 Å². The Balaban J connectivity index is 2.39. The lowest BCUT2D eigenvalue weighted by Gasteiger charge is -2.20. The lowest BCUT2D eigenvalue weighted by Crippen LogP contribution is -2.16. The van der Waals surface area contributed by atoms with Gasteiger partial charge < -0.3 is 0 Å². The average molecular weight is 245 g/mol. The van der Waals surface area contributed by atoms with Crippen LogP contribution in [0.1, 0.15) is 44.4 Å². The zero-order valence-corrected chi connectivity index (χ0v) is 11.3. The van der Waals surface area contributed by atoms with Gasteiger partial charge in [0.2, 0.25) is 0 Å². The molecule has 0 saturated heterocycles. The summed E-state index contributed by atoms with van der Waals surface area (Å²) in [5.41, 5.74) is 0. The van der Waals surface area contributed by atoms with Crippen LogP contribution in [0.5, 0.6) is 0 Å². The van der Waals surface area contributed by atoms with Gasteiger partial charge in [-0.25, -0.2) is 0 Å². The zero-order chi connectivity index (χ0) is 11.1. The first-order chi connectivity index (χ1) is 7.27. The molecule has 0 spiro atoms. The molecule has 0 nitrogen and oxygen atoms in total. The Morgan fingerprint density at radius 1 is 1.40 bits per heavy atom. The molecule has 2 atom stereocenters. The van der Waals surface area contributed by atoms with E-state index in [1.54, 1.807) is 0 Å². The second-order valence-corrected chi connectivity index (χ2v) is 5.70. The summed E-state index contributed by atoms with van der Waals surface area (Å²) in [7, 11) is 0. The molecule has 2 unspecified atom stereocenters. The van der Waals surface area contributed by atoms with Crippen molar-refractivity contribution in [1.29, 1.82) is 0 Å². The van der Waals surface area contributed by atoms with Crippen molar-refractivity contribution < 1.29 is 0 Å². The zero-order valence-electron chi connectivity index (χ0n) is 9.71. The third kappa shape index (κ3) is 4.56. The van der Waals surface area contributed by atoms with Gasteiger partial charge in [-0.15, -0.1) is 22.9 Å². The Morgan fingerprint density at radius 2 is 2.20 bits per heavy atom. The normalized spacial score (nSPS) is 15.1. The smallest absolute Gasteiger partial charge is 0.0412 e. The number of halogens is 1. The highest BCUT2D eigenvalue weighted by atomic mass is 35.5. The van der Waals surface area contributed by atoms with Gasteiger partial charge in [0.15, 0.2) is 0 Å². The Kier molecular flexibility index (Phi) is 6.35. The predicted molar refractivity (Wildman–Crippen MR) is 71.0 cm³/mol. The molecule has 0 radical (unpaired) electrons. The number of unbranched alkanes of at least 4 members (excludes halogenated alkanes) is 1. The Bertz CT molecular complexity index is 243. The molecule has 15 heavy (non-hydrogen) atoms. The number of rotatable bonds is 7. The second kappa shape index (κ2) is 7.29. The first kappa shape index (κ1) is 13.1. The number of hydrogen-bond donors (Lipinski definition) is 0. The maximum Gasteiger partial charge on any atom is 0.0412 e. The molecule has 1 aromatic heterocycles. The first-order valence-electron chi connectivity index (χ1n) is 5.94. The van der Waals surface area contributed by atoms with E-state index < -0.39 is 0 Å². The van der Waals surface area contributed by atoms with E-state index in [0.29, 0.717) is 11.3 Å². The highest BCUT2D eigenvalue weighted by molar-refractivity contribution is 7.09. The minimum absolute atomic E-state index is 0.320. The fourth-order valence-electron chi connectivity index (χ4n) is 1.89. The summed E-state index contributed by atoms with van der Waals surface area (Å²) >= 11 is 8.30. The molecular weight excluding hydrogens is 224 g/mol. The van der Waals surface area contributed by atoms with Crippen LogP contribution in [0.25, 0.3) is 0 Å². The summed E-state index contributed by atoms with van der Waals surface area (Å²) in [4.78, 5) is 1.42. The van der Waals surface area contributed by atoms with E-state index >= 15 is 0 Å². The second-order valence-electron chi connectivity index (χ2n) is 4.11. The van der Waals surface area contributed by atoms with Crippen LogP contribution in [0.2, 0.25) is 0 Å². The summed E-state index contributed by atoms with van der Waals surface area (Å²) in [5.74, 6) is 0.689. The van der Waals surface area contributed by atoms with Crippen LogP contribution in [0.3, 0.4) is 0 Å². The summed E-state index contributed by atoms with van der Waals surface area (Å²) < 4.78 is 0. The van der Waals surface area contributed by atoms with Gasteiger partial charge in [0.1, 0.15) is 0 Å². The van der Waals surface area contributed by atoms with Crippen molar-refractivity contribution in [1.82, 2.24) is 0 Å². The first-order valence-corrected chi connectivity index (χ1v) is 7.26. The van der Waals surface area contributed by atoms with Gasteiger partial charge in [0, 0.05) is 10.3 Å². The largest absolute Gasteiger partial charge is 0.149 e. The fraction of sp³-hybridized carbons (Fsp3) is 0.692. The van der Waals surface area contributed by atoms with E-state index in [1.165, 1.54) is 30.6 Å². The van der Waals surface area contributed by atoms with Crippen molar-refractivity contribution in [2.24, 2.45) is 5.92 Å². The minimum Gasteiger partial charge on any atom is -0.149 e. The number of hydrogen-bond acceptors (Lipinski definition) is 1. The van der Waals surface area contributed by atoms with Crippen molar-refractivity contribution in [3.05, 3.63) is 22.4 Å². The number of thiophene rings is 1. The summed E-state index contributed by atoms with van der Waals surface area (Å²) in [6.45, 7) is 4.50. The van der Waals surface area contributed by atoms with Gasteiger partial charge in [0.25, 0.3) is 0 Å². The Hall–Kier alpha value is -0.0100. The lowest BCUT2D eigenvalue weighted by molar-refractivity contribution is 0.429. The van der Waals surface area contributed by atoms with Crippen LogP contribution >= 0.6 is 22.9 Å². The van der Waals surface area contributed by atoms with Gasteiger partial charge >= 0.3 is 0 Å². The Labute approximate surface area is 103 Å². The minimum atomic E-state index is 0.320. The highest BCUT2D eigenvalue weighted by Crippen LogP contribution is 2.25. The molecule has 1 aromatic rings. The molecule has 0 fully saturated rings. The van der Waals surface area contributed by atoms with Crippen molar-refractivity contribution >= 4 is 22.9 Å². The number of alkyl halides is 1. The van der Waals surface area contributed by atoms with Crippen molar-refractivity contribution in [2.75, 3.05) is 0 Å². The van der Waals surface area contributed by atoms with Crippen molar-refractivity contribution in [2.45, 2.75) is 51.3 Å². The van der Waals surface area contributed by atoms with Gasteiger partial charge in [0.05, 0.1) is 0 Å². The van der Waals surface area contributed by atoms with Crippen LogP contribution in [0.15, 0.2) is 17.5 Å². The molecule has 0 saturated carbocycles. The van der Waals surface area contributed by atoms with Crippen molar-refractivity contribution in [3.8, 4) is 0 Å². The van der Waals surface area contributed by atoms with Gasteiger partial charge in [-0.3, -0.25) is 0 Å². The SMILES string of the molecule is CCCCC(CC)C(Cl)Cc1cccs1. The van der Waals surface area contributed by atoms with Crippen LogP contribution in [-0.2, 0) is 6.42 Å². The van der Waals surface area contributed by atoms with Gasteiger partial charge in [-0.2, -0.15) is 0 Å². The van der Waals surface area contributed by atoms with Crippen LogP contribution < -0.4 is 0 Å². The standard InChI is InChI=1S/C13H21ClS/c1-3-5-7-11(4-2)13(14)10-12-8-6-9-15-12/h6,8-9,11,13H,3-5,7,10H2,1-2H3. The van der Waals surface area contributed by atoms with E-state index in [1.807, 2.05) is 11.3 Å². The molecule has 86 valence electrons. The van der Waals surface area contributed by atoms with Crippen molar-refractivity contribution in [3.63, 3.8) is 0 Å². The summed E-state index contributed by atoms with van der Waals surface area (Å²) in [5, 5.41) is 2.45. The fourth-order valence-corrected chi connectivity index (χ4v) is 3.22. The Morgan fingerprint density at radius 3 is 2.73 bits per heavy atom. The third-order valence-corrected chi connectivity index (χ3v) is 4.35. The molecule has 2 heteroatoms. The maximum atomic E-state index is 6.48. The molecule has 0 N–H and O–H groups in total. The summed E-state index contributed by atoms with van der Waals surface area (Å²) in [6.07, 6.45) is 6.12. The van der Waals surface area contributed by atoms with E-state index in [2.05, 4.69) is 31.4 Å². The van der Waals surface area contributed by atoms with Crippen LogP contribution in [-0.4, -0.2) is 5.38 Å². The van der Waals surface area contributed by atoms with Crippen LogP contribution in [0.4, 0.5) is 0 Å². The maximum absolute atomic E-state index is 6.48. The molecule has 0 aliphatic heterocycles. The molecule has 0 aliphatic rings. The highest BCUT2D eigenvalue weighted by Gasteiger charge is 2.17. The molecule has 1 rings (SSSR count). The van der Waals surface area contributed by atoms with E-state index in [-0.39, 0.29) is 0 Å².